The Kier molecular flexibility index (Phi) is 2.92. The second kappa shape index (κ2) is 4.73. The first kappa shape index (κ1) is 11.7. The standard InChI is InChI=1S/C17H15NO/c1-2-18-16-11-7-6-10-14(16)15(12-19)17(18)13-8-4-3-5-9-13/h3-12H,2H2,1H3. The summed E-state index contributed by atoms with van der Waals surface area (Å²) in [7, 11) is 0. The molecule has 0 aliphatic heterocycles. The molecule has 94 valence electrons. The summed E-state index contributed by atoms with van der Waals surface area (Å²) in [6.07, 6.45) is 0.969. The number of hydrogen-bond donors (Lipinski definition) is 0. The molecule has 2 heteroatoms. The van der Waals surface area contributed by atoms with Gasteiger partial charge in [-0.2, -0.15) is 0 Å². The first-order valence-electron chi connectivity index (χ1n) is 6.48. The smallest absolute Gasteiger partial charge is 0.152 e. The topological polar surface area (TPSA) is 22.0 Å². The van der Waals surface area contributed by atoms with Crippen LogP contribution in [0.2, 0.25) is 0 Å². The quantitative estimate of drug-likeness (QED) is 0.639. The van der Waals surface area contributed by atoms with Crippen molar-refractivity contribution in [3.05, 3.63) is 60.2 Å². The van der Waals surface area contributed by atoms with Crippen molar-refractivity contribution in [1.29, 1.82) is 0 Å². The number of carbonyl (C=O) groups excluding carboxylic acids is 1. The summed E-state index contributed by atoms with van der Waals surface area (Å²) >= 11 is 0. The fourth-order valence-electron chi connectivity index (χ4n) is 2.69. The summed E-state index contributed by atoms with van der Waals surface area (Å²) in [5.41, 5.74) is 4.00. The van der Waals surface area contributed by atoms with Crippen LogP contribution in [-0.4, -0.2) is 10.9 Å². The van der Waals surface area contributed by atoms with E-state index in [1.165, 1.54) is 0 Å². The van der Waals surface area contributed by atoms with Crippen LogP contribution < -0.4 is 0 Å². The minimum Gasteiger partial charge on any atom is -0.340 e. The van der Waals surface area contributed by atoms with Gasteiger partial charge in [-0.15, -0.1) is 0 Å². The van der Waals surface area contributed by atoms with Crippen molar-refractivity contribution in [2.45, 2.75) is 13.5 Å². The van der Waals surface area contributed by atoms with Crippen LogP contribution in [0.5, 0.6) is 0 Å². The maximum atomic E-state index is 11.5. The summed E-state index contributed by atoms with van der Waals surface area (Å²) in [4.78, 5) is 11.5. The highest BCUT2D eigenvalue weighted by Crippen LogP contribution is 2.32. The van der Waals surface area contributed by atoms with E-state index >= 15 is 0 Å². The molecule has 0 saturated heterocycles. The number of benzene rings is 2. The Bertz CT molecular complexity index is 726. The van der Waals surface area contributed by atoms with E-state index in [2.05, 4.69) is 17.6 Å². The van der Waals surface area contributed by atoms with Crippen LogP contribution >= 0.6 is 0 Å². The molecule has 2 aromatic carbocycles. The van der Waals surface area contributed by atoms with Crippen LogP contribution in [0, 0.1) is 0 Å². The van der Waals surface area contributed by atoms with Gasteiger partial charge in [0.25, 0.3) is 0 Å². The van der Waals surface area contributed by atoms with Gasteiger partial charge in [0, 0.05) is 23.0 Å². The number of aryl methyl sites for hydroxylation is 1. The van der Waals surface area contributed by atoms with E-state index in [0.717, 1.165) is 40.6 Å². The summed E-state index contributed by atoms with van der Waals surface area (Å²) in [5.74, 6) is 0. The number of aromatic nitrogens is 1. The average molecular weight is 249 g/mol. The van der Waals surface area contributed by atoms with Gasteiger partial charge in [-0.3, -0.25) is 4.79 Å². The molecule has 1 aromatic heterocycles. The Labute approximate surface area is 112 Å². The van der Waals surface area contributed by atoms with E-state index in [9.17, 15) is 4.79 Å². The highest BCUT2D eigenvalue weighted by Gasteiger charge is 2.16. The summed E-state index contributed by atoms with van der Waals surface area (Å²) in [6.45, 7) is 2.95. The van der Waals surface area contributed by atoms with E-state index in [1.807, 2.05) is 48.5 Å². The number of nitrogens with zero attached hydrogens (tertiary/aromatic N) is 1. The van der Waals surface area contributed by atoms with Crippen LogP contribution in [0.25, 0.3) is 22.2 Å². The second-order valence-corrected chi connectivity index (χ2v) is 4.51. The van der Waals surface area contributed by atoms with Crippen molar-refractivity contribution in [3.8, 4) is 11.3 Å². The minimum absolute atomic E-state index is 0.781. The number of hydrogen-bond acceptors (Lipinski definition) is 1. The SMILES string of the molecule is CCn1c(-c2ccccc2)c(C=O)c2ccccc21. The Balaban J connectivity index is 2.43. The predicted octanol–water partition coefficient (Wildman–Crippen LogP) is 4.14. The molecule has 19 heavy (non-hydrogen) atoms. The van der Waals surface area contributed by atoms with Crippen molar-refractivity contribution in [1.82, 2.24) is 4.57 Å². The molecular weight excluding hydrogens is 234 g/mol. The third-order valence-corrected chi connectivity index (χ3v) is 3.49. The molecule has 0 amide bonds. The lowest BCUT2D eigenvalue weighted by Gasteiger charge is -2.08. The predicted molar refractivity (Wildman–Crippen MR) is 78.4 cm³/mol. The molecule has 0 atom stereocenters. The molecular formula is C17H15NO. The number of fused-ring (bicyclic) bond motifs is 1. The first-order chi connectivity index (χ1) is 9.36. The maximum Gasteiger partial charge on any atom is 0.152 e. The van der Waals surface area contributed by atoms with Gasteiger partial charge in [0.05, 0.1) is 5.69 Å². The molecule has 0 aliphatic carbocycles. The van der Waals surface area contributed by atoms with Gasteiger partial charge in [0.2, 0.25) is 0 Å². The number of para-hydroxylation sites is 1. The highest BCUT2D eigenvalue weighted by molar-refractivity contribution is 6.05. The Morgan fingerprint density at radius 3 is 2.37 bits per heavy atom. The zero-order chi connectivity index (χ0) is 13.2. The summed E-state index contributed by atoms with van der Waals surface area (Å²) in [5, 5.41) is 1.03. The maximum absolute atomic E-state index is 11.5. The number of aldehydes is 1. The number of carbonyl (C=O) groups is 1. The van der Waals surface area contributed by atoms with Crippen LogP contribution in [0.1, 0.15) is 17.3 Å². The van der Waals surface area contributed by atoms with Crippen molar-refractivity contribution in [3.63, 3.8) is 0 Å². The van der Waals surface area contributed by atoms with Crippen LogP contribution in [-0.2, 0) is 6.54 Å². The Morgan fingerprint density at radius 1 is 1.00 bits per heavy atom. The molecule has 3 rings (SSSR count). The highest BCUT2D eigenvalue weighted by atomic mass is 16.1. The largest absolute Gasteiger partial charge is 0.340 e. The van der Waals surface area contributed by atoms with E-state index < -0.39 is 0 Å². The van der Waals surface area contributed by atoms with E-state index in [4.69, 9.17) is 0 Å². The molecule has 0 aliphatic rings. The lowest BCUT2D eigenvalue weighted by atomic mass is 10.1. The lowest BCUT2D eigenvalue weighted by Crippen LogP contribution is -1.97. The average Bonchev–Trinajstić information content (AvgIpc) is 2.81. The molecule has 0 saturated carbocycles. The number of rotatable bonds is 3. The van der Waals surface area contributed by atoms with Gasteiger partial charge in [0.15, 0.2) is 6.29 Å². The van der Waals surface area contributed by atoms with Gasteiger partial charge >= 0.3 is 0 Å². The molecule has 0 unspecified atom stereocenters. The van der Waals surface area contributed by atoms with Gasteiger partial charge in [-0.05, 0) is 18.6 Å². The first-order valence-corrected chi connectivity index (χ1v) is 6.48. The van der Waals surface area contributed by atoms with Crippen LogP contribution in [0.15, 0.2) is 54.6 Å². The van der Waals surface area contributed by atoms with Gasteiger partial charge < -0.3 is 4.57 Å². The van der Waals surface area contributed by atoms with Gasteiger partial charge in [-0.1, -0.05) is 48.5 Å². The summed E-state index contributed by atoms with van der Waals surface area (Å²) < 4.78 is 2.20. The van der Waals surface area contributed by atoms with Crippen molar-refractivity contribution in [2.75, 3.05) is 0 Å². The van der Waals surface area contributed by atoms with Crippen molar-refractivity contribution >= 4 is 17.2 Å². The van der Waals surface area contributed by atoms with Gasteiger partial charge in [-0.25, -0.2) is 0 Å². The van der Waals surface area contributed by atoms with E-state index in [-0.39, 0.29) is 0 Å². The monoisotopic (exact) mass is 249 g/mol. The fraction of sp³-hybridized carbons (Fsp3) is 0.118. The zero-order valence-corrected chi connectivity index (χ0v) is 10.8. The summed E-state index contributed by atoms with van der Waals surface area (Å²) in [6, 6.07) is 18.2. The van der Waals surface area contributed by atoms with Crippen LogP contribution in [0.3, 0.4) is 0 Å². The van der Waals surface area contributed by atoms with E-state index in [1.54, 1.807) is 0 Å². The van der Waals surface area contributed by atoms with Crippen molar-refractivity contribution < 1.29 is 4.79 Å². The molecule has 0 N–H and O–H groups in total. The molecule has 3 aromatic rings. The fourth-order valence-corrected chi connectivity index (χ4v) is 2.69. The Hall–Kier alpha value is -2.35. The normalized spacial score (nSPS) is 10.8. The molecule has 1 heterocycles. The molecule has 0 radical (unpaired) electrons. The lowest BCUT2D eigenvalue weighted by molar-refractivity contribution is 0.112. The molecule has 0 spiro atoms. The zero-order valence-electron chi connectivity index (χ0n) is 10.8. The minimum atomic E-state index is 0.781. The molecule has 0 bridgehead atoms. The van der Waals surface area contributed by atoms with Gasteiger partial charge in [0.1, 0.15) is 0 Å². The third kappa shape index (κ3) is 1.76. The van der Waals surface area contributed by atoms with Crippen LogP contribution in [0.4, 0.5) is 0 Å². The second-order valence-electron chi connectivity index (χ2n) is 4.51. The molecule has 2 nitrogen and oxygen atoms in total. The Morgan fingerprint density at radius 2 is 1.68 bits per heavy atom. The van der Waals surface area contributed by atoms with Crippen molar-refractivity contribution in [2.24, 2.45) is 0 Å². The third-order valence-electron chi connectivity index (χ3n) is 3.49. The molecule has 0 fully saturated rings. The van der Waals surface area contributed by atoms with E-state index in [0.29, 0.717) is 0 Å².